The molecule has 3 aromatic rings. The Hall–Kier alpha value is -3.08. The van der Waals surface area contributed by atoms with Crippen LogP contribution in [-0.4, -0.2) is 15.5 Å². The van der Waals surface area contributed by atoms with Crippen molar-refractivity contribution in [1.82, 2.24) is 9.55 Å². The van der Waals surface area contributed by atoms with E-state index < -0.39 is 0 Å². The highest BCUT2D eigenvalue weighted by atomic mass is 16.1. The fourth-order valence-corrected chi connectivity index (χ4v) is 3.46. The second-order valence-corrected chi connectivity index (χ2v) is 6.32. The highest BCUT2D eigenvalue weighted by Gasteiger charge is 2.21. The van der Waals surface area contributed by atoms with E-state index >= 15 is 0 Å². The summed E-state index contributed by atoms with van der Waals surface area (Å²) >= 11 is 0. The third-order valence-corrected chi connectivity index (χ3v) is 4.78. The van der Waals surface area contributed by atoms with Crippen molar-refractivity contribution < 1.29 is 4.79 Å². The molecule has 0 saturated carbocycles. The lowest BCUT2D eigenvalue weighted by atomic mass is 10.1. The van der Waals surface area contributed by atoms with Gasteiger partial charge in [0.1, 0.15) is 5.69 Å². The molecule has 1 aliphatic rings. The van der Waals surface area contributed by atoms with E-state index in [1.807, 2.05) is 42.7 Å². The largest absolute Gasteiger partial charge is 0.379 e. The number of carbonyl (C=O) groups is 1. The number of nitrogens with two attached hydrogens (primary N) is 1. The van der Waals surface area contributed by atoms with Crippen molar-refractivity contribution in [2.75, 3.05) is 5.32 Å². The van der Waals surface area contributed by atoms with Gasteiger partial charge in [-0.2, -0.15) is 0 Å². The van der Waals surface area contributed by atoms with Crippen LogP contribution in [0, 0.1) is 0 Å². The van der Waals surface area contributed by atoms with Crippen LogP contribution in [-0.2, 0) is 25.9 Å². The summed E-state index contributed by atoms with van der Waals surface area (Å²) in [5.74, 6) is -0.379. The molecule has 126 valence electrons. The molecular formula is C20H20N4O. The molecule has 0 atom stereocenters. The molecule has 2 aromatic heterocycles. The number of fused-ring (bicyclic) bond motifs is 2. The van der Waals surface area contributed by atoms with E-state index in [1.54, 1.807) is 0 Å². The van der Waals surface area contributed by atoms with Crippen molar-refractivity contribution in [1.29, 1.82) is 0 Å². The Kier molecular flexibility index (Phi) is 3.98. The van der Waals surface area contributed by atoms with Gasteiger partial charge in [-0.25, -0.2) is 0 Å². The van der Waals surface area contributed by atoms with Crippen molar-refractivity contribution in [3.8, 4) is 0 Å². The summed E-state index contributed by atoms with van der Waals surface area (Å²) in [5, 5.41) is 3.49. The second kappa shape index (κ2) is 6.43. The number of pyridine rings is 1. The van der Waals surface area contributed by atoms with E-state index in [0.29, 0.717) is 18.8 Å². The first-order valence-electron chi connectivity index (χ1n) is 8.44. The zero-order valence-corrected chi connectivity index (χ0v) is 13.9. The highest BCUT2D eigenvalue weighted by molar-refractivity contribution is 5.92. The fourth-order valence-electron chi connectivity index (χ4n) is 3.46. The third kappa shape index (κ3) is 3.01. The van der Waals surface area contributed by atoms with E-state index in [1.165, 1.54) is 16.7 Å². The number of carbonyl (C=O) groups excluding carboxylic acids is 1. The Morgan fingerprint density at radius 3 is 2.76 bits per heavy atom. The quantitative estimate of drug-likeness (QED) is 0.771. The summed E-state index contributed by atoms with van der Waals surface area (Å²) in [4.78, 5) is 16.0. The molecule has 0 fully saturated rings. The summed E-state index contributed by atoms with van der Waals surface area (Å²) in [6.45, 7) is 1.35. The van der Waals surface area contributed by atoms with Crippen molar-refractivity contribution in [2.24, 2.45) is 5.73 Å². The minimum atomic E-state index is -0.379. The smallest absolute Gasteiger partial charge is 0.265 e. The number of rotatable bonds is 4. The summed E-state index contributed by atoms with van der Waals surface area (Å²) in [7, 11) is 0. The number of nitrogens with zero attached hydrogens (tertiary/aromatic N) is 2. The Morgan fingerprint density at radius 1 is 1.16 bits per heavy atom. The number of anilines is 1. The molecule has 3 N–H and O–H groups in total. The average Bonchev–Trinajstić information content (AvgIpc) is 2.86. The van der Waals surface area contributed by atoms with Gasteiger partial charge in [0.05, 0.1) is 13.1 Å². The maximum Gasteiger partial charge on any atom is 0.265 e. The van der Waals surface area contributed by atoms with Gasteiger partial charge in [0.25, 0.3) is 5.91 Å². The van der Waals surface area contributed by atoms with Gasteiger partial charge in [-0.15, -0.1) is 0 Å². The molecule has 0 radical (unpaired) electrons. The molecule has 0 saturated heterocycles. The molecule has 5 nitrogen and oxygen atoms in total. The molecular weight excluding hydrogens is 312 g/mol. The zero-order valence-electron chi connectivity index (χ0n) is 13.9. The number of benzene rings is 1. The molecule has 1 aromatic carbocycles. The van der Waals surface area contributed by atoms with Crippen LogP contribution in [0.3, 0.4) is 0 Å². The van der Waals surface area contributed by atoms with Crippen molar-refractivity contribution >= 4 is 11.6 Å². The number of hydrogen-bond acceptors (Lipinski definition) is 3. The lowest BCUT2D eigenvalue weighted by Crippen LogP contribution is -2.18. The lowest BCUT2D eigenvalue weighted by Gasteiger charge is -2.09. The molecule has 3 heterocycles. The molecule has 5 heteroatoms. The second-order valence-electron chi connectivity index (χ2n) is 6.32. The number of hydrogen-bond donors (Lipinski definition) is 2. The van der Waals surface area contributed by atoms with Gasteiger partial charge in [-0.3, -0.25) is 9.78 Å². The summed E-state index contributed by atoms with van der Waals surface area (Å²) < 4.78 is 2.06. The Balaban J connectivity index is 1.68. The Morgan fingerprint density at radius 2 is 1.96 bits per heavy atom. The van der Waals surface area contributed by atoms with Crippen LogP contribution in [0.25, 0.3) is 0 Å². The predicted molar refractivity (Wildman–Crippen MR) is 97.5 cm³/mol. The number of primary amides is 1. The van der Waals surface area contributed by atoms with Gasteiger partial charge >= 0.3 is 0 Å². The van der Waals surface area contributed by atoms with Gasteiger partial charge in [0.2, 0.25) is 0 Å². The first-order chi connectivity index (χ1) is 12.2. The molecule has 0 unspecified atom stereocenters. The van der Waals surface area contributed by atoms with E-state index in [-0.39, 0.29) is 5.91 Å². The average molecular weight is 332 g/mol. The van der Waals surface area contributed by atoms with Gasteiger partial charge in [0, 0.05) is 23.8 Å². The van der Waals surface area contributed by atoms with Gasteiger partial charge in [0.15, 0.2) is 0 Å². The monoisotopic (exact) mass is 332 g/mol. The molecule has 0 aliphatic carbocycles. The number of aryl methyl sites for hydroxylation is 2. The predicted octanol–water partition coefficient (Wildman–Crippen LogP) is 2.74. The summed E-state index contributed by atoms with van der Waals surface area (Å²) in [6, 6.07) is 14.2. The topological polar surface area (TPSA) is 72.9 Å². The van der Waals surface area contributed by atoms with E-state index in [2.05, 4.69) is 27.0 Å². The van der Waals surface area contributed by atoms with Crippen LogP contribution in [0.15, 0.2) is 54.9 Å². The van der Waals surface area contributed by atoms with E-state index in [4.69, 9.17) is 5.73 Å². The Bertz CT molecular complexity index is 915. The summed E-state index contributed by atoms with van der Waals surface area (Å²) in [5.41, 5.74) is 12.0. The third-order valence-electron chi connectivity index (χ3n) is 4.78. The van der Waals surface area contributed by atoms with Crippen molar-refractivity contribution in [3.63, 3.8) is 0 Å². The molecule has 0 spiro atoms. The van der Waals surface area contributed by atoms with E-state index in [0.717, 1.165) is 24.2 Å². The minimum absolute atomic E-state index is 0.379. The standard InChI is InChI=1S/C20H20N4O/c21-20(25)18-11-15(6-5-14-7-9-22-10-8-14)19-12-23-17-4-2-1-3-16(17)13-24(18)19/h1-4,7-11,23H,5-6,12-13H2,(H2,21,25). The normalized spacial score (nSPS) is 12.6. The number of amides is 1. The fraction of sp³-hybridized carbons (Fsp3) is 0.200. The minimum Gasteiger partial charge on any atom is -0.379 e. The maximum atomic E-state index is 12.0. The highest BCUT2D eigenvalue weighted by Crippen LogP contribution is 2.27. The van der Waals surface area contributed by atoms with Crippen molar-refractivity contribution in [2.45, 2.75) is 25.9 Å². The number of aromatic nitrogens is 2. The maximum absolute atomic E-state index is 12.0. The molecule has 1 aliphatic heterocycles. The van der Waals surface area contributed by atoms with Crippen LogP contribution in [0.4, 0.5) is 5.69 Å². The SMILES string of the molecule is NC(=O)c1cc(CCc2ccncc2)c2n1Cc1ccccc1NC2. The lowest BCUT2D eigenvalue weighted by molar-refractivity contribution is 0.0991. The molecule has 25 heavy (non-hydrogen) atoms. The number of para-hydroxylation sites is 1. The van der Waals surface area contributed by atoms with E-state index in [9.17, 15) is 4.79 Å². The van der Waals surface area contributed by atoms with Crippen LogP contribution in [0.1, 0.15) is 32.9 Å². The van der Waals surface area contributed by atoms with Gasteiger partial charge in [-0.1, -0.05) is 18.2 Å². The van der Waals surface area contributed by atoms with Crippen LogP contribution < -0.4 is 11.1 Å². The summed E-state index contributed by atoms with van der Waals surface area (Å²) in [6.07, 6.45) is 5.39. The number of nitrogens with one attached hydrogen (secondary N) is 1. The first kappa shape index (κ1) is 15.4. The van der Waals surface area contributed by atoms with Crippen LogP contribution in [0.5, 0.6) is 0 Å². The Labute approximate surface area is 146 Å². The molecule has 4 rings (SSSR count). The van der Waals surface area contributed by atoms with Gasteiger partial charge in [-0.05, 0) is 53.8 Å². The van der Waals surface area contributed by atoms with Gasteiger partial charge < -0.3 is 15.6 Å². The first-order valence-corrected chi connectivity index (χ1v) is 8.44. The molecule has 1 amide bonds. The molecule has 0 bridgehead atoms. The van der Waals surface area contributed by atoms with Crippen LogP contribution in [0.2, 0.25) is 0 Å². The zero-order chi connectivity index (χ0) is 17.2. The van der Waals surface area contributed by atoms with Crippen LogP contribution >= 0.6 is 0 Å². The van der Waals surface area contributed by atoms with Crippen molar-refractivity contribution in [3.05, 3.63) is 82.9 Å².